The molecule has 1 heterocycles. The van der Waals surface area contributed by atoms with Crippen LogP contribution in [-0.2, 0) is 9.47 Å². The topological polar surface area (TPSA) is 69.7 Å². The van der Waals surface area contributed by atoms with Gasteiger partial charge in [-0.15, -0.1) is 11.3 Å². The zero-order valence-corrected chi connectivity index (χ0v) is 11.3. The summed E-state index contributed by atoms with van der Waals surface area (Å²) in [5.74, 6) is -1.57. The van der Waals surface area contributed by atoms with Crippen LogP contribution in [-0.4, -0.2) is 30.9 Å². The highest BCUT2D eigenvalue weighted by Crippen LogP contribution is 2.25. The SMILES string of the molecule is CCOC(=O)c1scc(C(C)=O)c1C(=O)OCC. The highest BCUT2D eigenvalue weighted by atomic mass is 32.1. The lowest BCUT2D eigenvalue weighted by molar-refractivity contribution is 0.0482. The van der Waals surface area contributed by atoms with Gasteiger partial charge in [-0.05, 0) is 20.8 Å². The molecule has 0 aliphatic carbocycles. The van der Waals surface area contributed by atoms with Gasteiger partial charge in [0, 0.05) is 10.9 Å². The summed E-state index contributed by atoms with van der Waals surface area (Å²) in [6, 6.07) is 0. The number of thiophene rings is 1. The fraction of sp³-hybridized carbons (Fsp3) is 0.417. The third-order valence-electron chi connectivity index (χ3n) is 2.11. The molecule has 0 unspecified atom stereocenters. The normalized spacial score (nSPS) is 9.94. The second-order valence-corrected chi connectivity index (χ2v) is 4.23. The molecule has 0 fully saturated rings. The molecule has 0 bridgehead atoms. The van der Waals surface area contributed by atoms with E-state index in [4.69, 9.17) is 9.47 Å². The van der Waals surface area contributed by atoms with Crippen molar-refractivity contribution in [2.24, 2.45) is 0 Å². The quantitative estimate of drug-likeness (QED) is 0.606. The molecule has 0 amide bonds. The number of hydrogen-bond donors (Lipinski definition) is 0. The highest BCUT2D eigenvalue weighted by Gasteiger charge is 2.27. The number of rotatable bonds is 5. The van der Waals surface area contributed by atoms with Crippen molar-refractivity contribution in [1.82, 2.24) is 0 Å². The second-order valence-electron chi connectivity index (χ2n) is 3.35. The molecule has 1 aromatic heterocycles. The predicted octanol–water partition coefficient (Wildman–Crippen LogP) is 2.30. The molecule has 0 aliphatic rings. The average molecular weight is 270 g/mol. The number of ether oxygens (including phenoxy) is 2. The molecule has 5 nitrogen and oxygen atoms in total. The van der Waals surface area contributed by atoms with Crippen molar-refractivity contribution in [2.45, 2.75) is 20.8 Å². The summed E-state index contributed by atoms with van der Waals surface area (Å²) in [6.45, 7) is 5.03. The molecule has 1 aromatic rings. The number of esters is 2. The summed E-state index contributed by atoms with van der Waals surface area (Å²) in [6.07, 6.45) is 0. The van der Waals surface area contributed by atoms with Crippen LogP contribution in [0.3, 0.4) is 0 Å². The Bertz CT molecular complexity index is 475. The molecule has 0 spiro atoms. The molecule has 18 heavy (non-hydrogen) atoms. The molecule has 0 atom stereocenters. The summed E-state index contributed by atoms with van der Waals surface area (Å²) in [7, 11) is 0. The molecule has 0 radical (unpaired) electrons. The van der Waals surface area contributed by atoms with Crippen molar-refractivity contribution in [3.63, 3.8) is 0 Å². The molecule has 98 valence electrons. The van der Waals surface area contributed by atoms with Crippen LogP contribution in [0.25, 0.3) is 0 Å². The van der Waals surface area contributed by atoms with E-state index in [1.807, 2.05) is 0 Å². The minimum atomic E-state index is -0.674. The minimum Gasteiger partial charge on any atom is -0.462 e. The van der Waals surface area contributed by atoms with Crippen LogP contribution >= 0.6 is 11.3 Å². The molecule has 0 aromatic carbocycles. The van der Waals surface area contributed by atoms with Gasteiger partial charge in [-0.1, -0.05) is 0 Å². The maximum absolute atomic E-state index is 11.8. The van der Waals surface area contributed by atoms with Gasteiger partial charge in [-0.3, -0.25) is 4.79 Å². The Balaban J connectivity index is 3.23. The highest BCUT2D eigenvalue weighted by molar-refractivity contribution is 7.12. The lowest BCUT2D eigenvalue weighted by Crippen LogP contribution is -2.14. The van der Waals surface area contributed by atoms with Gasteiger partial charge in [-0.25, -0.2) is 9.59 Å². The first-order valence-electron chi connectivity index (χ1n) is 5.49. The summed E-state index contributed by atoms with van der Waals surface area (Å²) >= 11 is 1.01. The summed E-state index contributed by atoms with van der Waals surface area (Å²) in [4.78, 5) is 35.0. The Hall–Kier alpha value is -1.69. The van der Waals surface area contributed by atoms with Crippen LogP contribution in [0.1, 0.15) is 51.2 Å². The van der Waals surface area contributed by atoms with Gasteiger partial charge in [-0.2, -0.15) is 0 Å². The number of carbonyl (C=O) groups excluding carboxylic acids is 3. The van der Waals surface area contributed by atoms with Crippen LogP contribution in [0.2, 0.25) is 0 Å². The van der Waals surface area contributed by atoms with Gasteiger partial charge in [0.15, 0.2) is 5.78 Å². The van der Waals surface area contributed by atoms with Gasteiger partial charge >= 0.3 is 11.9 Å². The van der Waals surface area contributed by atoms with Gasteiger partial charge in [0.2, 0.25) is 0 Å². The molecule has 1 rings (SSSR count). The fourth-order valence-corrected chi connectivity index (χ4v) is 2.36. The van der Waals surface area contributed by atoms with Crippen LogP contribution in [0.4, 0.5) is 0 Å². The van der Waals surface area contributed by atoms with E-state index in [0.717, 1.165) is 11.3 Å². The van der Waals surface area contributed by atoms with Crippen molar-refractivity contribution in [3.8, 4) is 0 Å². The van der Waals surface area contributed by atoms with Gasteiger partial charge in [0.1, 0.15) is 4.88 Å². The molecule has 0 saturated heterocycles. The van der Waals surface area contributed by atoms with E-state index in [9.17, 15) is 14.4 Å². The number of carbonyl (C=O) groups is 3. The Labute approximate surface area is 109 Å². The number of Topliss-reactive ketones (excluding diaryl/α,β-unsaturated/α-hetero) is 1. The summed E-state index contributed by atoms with van der Waals surface area (Å²) < 4.78 is 9.70. The van der Waals surface area contributed by atoms with Crippen molar-refractivity contribution < 1.29 is 23.9 Å². The van der Waals surface area contributed by atoms with Crippen molar-refractivity contribution in [2.75, 3.05) is 13.2 Å². The first-order chi connectivity index (χ1) is 8.52. The molecule has 0 aliphatic heterocycles. The van der Waals surface area contributed by atoms with E-state index >= 15 is 0 Å². The molecule has 0 N–H and O–H groups in total. The Morgan fingerprint density at radius 3 is 2.17 bits per heavy atom. The zero-order chi connectivity index (χ0) is 13.7. The van der Waals surface area contributed by atoms with Gasteiger partial charge in [0.25, 0.3) is 0 Å². The van der Waals surface area contributed by atoms with Crippen LogP contribution < -0.4 is 0 Å². The fourth-order valence-electron chi connectivity index (χ4n) is 1.37. The third kappa shape index (κ3) is 2.95. The van der Waals surface area contributed by atoms with E-state index in [0.29, 0.717) is 0 Å². The number of ketones is 1. The molecular weight excluding hydrogens is 256 g/mol. The lowest BCUT2D eigenvalue weighted by Gasteiger charge is -2.05. The van der Waals surface area contributed by atoms with E-state index in [1.165, 1.54) is 12.3 Å². The Morgan fingerprint density at radius 1 is 1.11 bits per heavy atom. The van der Waals surface area contributed by atoms with E-state index in [1.54, 1.807) is 13.8 Å². The zero-order valence-electron chi connectivity index (χ0n) is 10.4. The lowest BCUT2D eigenvalue weighted by atomic mass is 10.1. The van der Waals surface area contributed by atoms with Gasteiger partial charge in [0.05, 0.1) is 18.8 Å². The van der Waals surface area contributed by atoms with Crippen LogP contribution in [0, 0.1) is 0 Å². The standard InChI is InChI=1S/C12H14O5S/c1-4-16-11(14)9-8(7(3)13)6-18-10(9)12(15)17-5-2/h6H,4-5H2,1-3H3. The Morgan fingerprint density at radius 2 is 1.67 bits per heavy atom. The molecular formula is C12H14O5S. The molecule has 0 saturated carbocycles. The van der Waals surface area contributed by atoms with Crippen molar-refractivity contribution in [1.29, 1.82) is 0 Å². The largest absolute Gasteiger partial charge is 0.462 e. The average Bonchev–Trinajstić information content (AvgIpc) is 2.74. The number of hydrogen-bond acceptors (Lipinski definition) is 6. The van der Waals surface area contributed by atoms with Gasteiger partial charge < -0.3 is 9.47 Å². The predicted molar refractivity (Wildman–Crippen MR) is 66.2 cm³/mol. The van der Waals surface area contributed by atoms with E-state index in [-0.39, 0.29) is 35.0 Å². The second kappa shape index (κ2) is 6.30. The van der Waals surface area contributed by atoms with Crippen molar-refractivity contribution >= 4 is 29.1 Å². The maximum atomic E-state index is 11.8. The molecule has 6 heteroatoms. The summed E-state index contributed by atoms with van der Waals surface area (Å²) in [5.41, 5.74) is 0.203. The van der Waals surface area contributed by atoms with Crippen molar-refractivity contribution in [3.05, 3.63) is 21.4 Å². The summed E-state index contributed by atoms with van der Waals surface area (Å²) in [5, 5.41) is 1.47. The third-order valence-corrected chi connectivity index (χ3v) is 3.07. The smallest absolute Gasteiger partial charge is 0.349 e. The monoisotopic (exact) mass is 270 g/mol. The maximum Gasteiger partial charge on any atom is 0.349 e. The minimum absolute atomic E-state index is 0.00722. The Kier molecular flexibility index (Phi) is 5.03. The first-order valence-corrected chi connectivity index (χ1v) is 6.37. The van der Waals surface area contributed by atoms with Crippen LogP contribution in [0.15, 0.2) is 5.38 Å². The van der Waals surface area contributed by atoms with E-state index < -0.39 is 11.9 Å². The first kappa shape index (κ1) is 14.4. The van der Waals surface area contributed by atoms with Crippen LogP contribution in [0.5, 0.6) is 0 Å². The van der Waals surface area contributed by atoms with E-state index in [2.05, 4.69) is 0 Å².